The Balaban J connectivity index is 1.42. The number of para-hydroxylation sites is 2. The predicted octanol–water partition coefficient (Wildman–Crippen LogP) is 2.24. The molecule has 0 radical (unpaired) electrons. The Morgan fingerprint density at radius 2 is 1.82 bits per heavy atom. The molecule has 1 aliphatic heterocycles. The fourth-order valence-corrected chi connectivity index (χ4v) is 5.23. The van der Waals surface area contributed by atoms with Crippen molar-refractivity contribution < 1.29 is 8.42 Å². The van der Waals surface area contributed by atoms with Gasteiger partial charge in [0.15, 0.2) is 0 Å². The van der Waals surface area contributed by atoms with Gasteiger partial charge < -0.3 is 4.57 Å². The van der Waals surface area contributed by atoms with Gasteiger partial charge in [-0.3, -0.25) is 0 Å². The number of fused-ring (bicyclic) bond motifs is 1. The molecule has 2 heterocycles. The van der Waals surface area contributed by atoms with Crippen molar-refractivity contribution in [3.63, 3.8) is 0 Å². The number of imidazole rings is 1. The number of nitrogens with zero attached hydrogens (tertiary/aromatic N) is 3. The van der Waals surface area contributed by atoms with Crippen molar-refractivity contribution in [3.8, 4) is 0 Å². The molecule has 5 nitrogen and oxygen atoms in total. The number of benzene rings is 1. The van der Waals surface area contributed by atoms with E-state index in [4.69, 9.17) is 0 Å². The first-order valence-electron chi connectivity index (χ1n) is 8.03. The molecule has 0 spiro atoms. The quantitative estimate of drug-likeness (QED) is 0.868. The molecular formula is C16H21N3O2S. The van der Waals surface area contributed by atoms with Gasteiger partial charge in [0.25, 0.3) is 0 Å². The Bertz CT molecular complexity index is 772. The summed E-state index contributed by atoms with van der Waals surface area (Å²) in [5.41, 5.74) is 2.19. The van der Waals surface area contributed by atoms with Gasteiger partial charge in [-0.15, -0.1) is 0 Å². The smallest absolute Gasteiger partial charge is 0.216 e. The summed E-state index contributed by atoms with van der Waals surface area (Å²) < 4.78 is 28.4. The van der Waals surface area contributed by atoms with Crippen molar-refractivity contribution >= 4 is 21.1 Å². The molecule has 4 rings (SSSR count). The first-order chi connectivity index (χ1) is 10.6. The Morgan fingerprint density at radius 3 is 2.55 bits per heavy atom. The lowest BCUT2D eigenvalue weighted by Crippen LogP contribution is -2.40. The van der Waals surface area contributed by atoms with Gasteiger partial charge in [0, 0.05) is 19.6 Å². The zero-order valence-electron chi connectivity index (χ0n) is 12.6. The van der Waals surface area contributed by atoms with Gasteiger partial charge in [0.05, 0.1) is 22.6 Å². The lowest BCUT2D eigenvalue weighted by molar-refractivity contribution is 0.254. The van der Waals surface area contributed by atoms with Crippen LogP contribution in [0.2, 0.25) is 0 Å². The monoisotopic (exact) mass is 319 g/mol. The molecule has 0 unspecified atom stereocenters. The minimum absolute atomic E-state index is 0.0818. The summed E-state index contributed by atoms with van der Waals surface area (Å²) in [6.07, 6.45) is 5.49. The molecule has 2 fully saturated rings. The molecule has 0 amide bonds. The summed E-state index contributed by atoms with van der Waals surface area (Å²) in [5.74, 6) is 0.531. The van der Waals surface area contributed by atoms with E-state index >= 15 is 0 Å². The highest BCUT2D eigenvalue weighted by Crippen LogP contribution is 2.33. The van der Waals surface area contributed by atoms with Crippen molar-refractivity contribution in [1.82, 2.24) is 13.9 Å². The zero-order valence-corrected chi connectivity index (χ0v) is 13.4. The van der Waals surface area contributed by atoms with E-state index in [1.165, 1.54) is 0 Å². The highest BCUT2D eigenvalue weighted by Gasteiger charge is 2.41. The van der Waals surface area contributed by atoms with Gasteiger partial charge in [-0.2, -0.15) is 0 Å². The normalized spacial score (nSPS) is 21.5. The van der Waals surface area contributed by atoms with Crippen LogP contribution in [-0.2, 0) is 16.6 Å². The van der Waals surface area contributed by atoms with Crippen LogP contribution in [0.4, 0.5) is 0 Å². The van der Waals surface area contributed by atoms with Crippen LogP contribution in [-0.4, -0.2) is 40.6 Å². The lowest BCUT2D eigenvalue weighted by atomic mass is 9.98. The second-order valence-corrected chi connectivity index (χ2v) is 8.69. The standard InChI is InChI=1S/C16H21N3O2S/c20-22(21,14-5-6-14)19-9-7-13(8-10-19)11-18-12-17-15-3-1-2-4-16(15)18/h1-4,12-14H,5-11H2. The maximum absolute atomic E-state index is 12.3. The summed E-state index contributed by atoms with van der Waals surface area (Å²) in [7, 11) is -2.99. The summed E-state index contributed by atoms with van der Waals surface area (Å²) >= 11 is 0. The summed E-state index contributed by atoms with van der Waals surface area (Å²) in [6.45, 7) is 2.28. The van der Waals surface area contributed by atoms with Gasteiger partial charge in [0.2, 0.25) is 10.0 Å². The van der Waals surface area contributed by atoms with Crippen LogP contribution in [0, 0.1) is 5.92 Å². The van der Waals surface area contributed by atoms with E-state index in [2.05, 4.69) is 15.6 Å². The maximum Gasteiger partial charge on any atom is 0.216 e. The second-order valence-electron chi connectivity index (χ2n) is 6.47. The van der Waals surface area contributed by atoms with E-state index < -0.39 is 10.0 Å². The van der Waals surface area contributed by atoms with E-state index in [0.29, 0.717) is 19.0 Å². The largest absolute Gasteiger partial charge is 0.330 e. The first-order valence-corrected chi connectivity index (χ1v) is 9.54. The van der Waals surface area contributed by atoms with E-state index in [0.717, 1.165) is 43.3 Å². The number of sulfonamides is 1. The van der Waals surface area contributed by atoms with E-state index in [1.807, 2.05) is 24.5 Å². The van der Waals surface area contributed by atoms with Crippen LogP contribution >= 0.6 is 0 Å². The SMILES string of the molecule is O=S(=O)(C1CC1)N1CCC(Cn2cnc3ccccc32)CC1. The van der Waals surface area contributed by atoms with Gasteiger partial charge in [0.1, 0.15) is 0 Å². The molecule has 1 aliphatic carbocycles. The third-order valence-electron chi connectivity index (χ3n) is 4.86. The number of rotatable bonds is 4. The van der Waals surface area contributed by atoms with Crippen LogP contribution in [0.1, 0.15) is 25.7 Å². The molecule has 22 heavy (non-hydrogen) atoms. The lowest BCUT2D eigenvalue weighted by Gasteiger charge is -2.31. The highest BCUT2D eigenvalue weighted by atomic mass is 32.2. The third kappa shape index (κ3) is 2.54. The molecule has 2 aliphatic rings. The van der Waals surface area contributed by atoms with Gasteiger partial charge in [-0.25, -0.2) is 17.7 Å². The molecule has 0 atom stereocenters. The van der Waals surface area contributed by atoms with Gasteiger partial charge in [-0.05, 0) is 43.7 Å². The van der Waals surface area contributed by atoms with Crippen LogP contribution < -0.4 is 0 Å². The molecule has 6 heteroatoms. The molecule has 1 aromatic carbocycles. The summed E-state index contributed by atoms with van der Waals surface area (Å²) in [5, 5.41) is -0.0818. The van der Waals surface area contributed by atoms with Crippen LogP contribution in [0.15, 0.2) is 30.6 Å². The van der Waals surface area contributed by atoms with E-state index in [9.17, 15) is 8.42 Å². The fraction of sp³-hybridized carbons (Fsp3) is 0.562. The molecule has 1 saturated heterocycles. The fourth-order valence-electron chi connectivity index (χ4n) is 3.36. The Labute approximate surface area is 131 Å². The predicted molar refractivity (Wildman–Crippen MR) is 86.0 cm³/mol. The van der Waals surface area contributed by atoms with Gasteiger partial charge >= 0.3 is 0 Å². The number of hydrogen-bond acceptors (Lipinski definition) is 3. The number of hydrogen-bond donors (Lipinski definition) is 0. The molecule has 118 valence electrons. The van der Waals surface area contributed by atoms with Crippen molar-refractivity contribution in [2.45, 2.75) is 37.5 Å². The first kappa shape index (κ1) is 14.2. The minimum Gasteiger partial charge on any atom is -0.330 e. The Kier molecular flexibility index (Phi) is 3.46. The molecule has 0 bridgehead atoms. The molecule has 2 aromatic rings. The second kappa shape index (κ2) is 5.35. The van der Waals surface area contributed by atoms with Gasteiger partial charge in [-0.1, -0.05) is 12.1 Å². The highest BCUT2D eigenvalue weighted by molar-refractivity contribution is 7.90. The third-order valence-corrected chi connectivity index (χ3v) is 7.26. The van der Waals surface area contributed by atoms with Crippen molar-refractivity contribution in [2.24, 2.45) is 5.92 Å². The van der Waals surface area contributed by atoms with Crippen LogP contribution in [0.3, 0.4) is 0 Å². The van der Waals surface area contributed by atoms with E-state index in [1.54, 1.807) is 4.31 Å². The molecular weight excluding hydrogens is 298 g/mol. The number of piperidine rings is 1. The molecule has 1 aromatic heterocycles. The Morgan fingerprint density at radius 1 is 1.09 bits per heavy atom. The van der Waals surface area contributed by atoms with Crippen LogP contribution in [0.5, 0.6) is 0 Å². The molecule has 1 saturated carbocycles. The zero-order chi connectivity index (χ0) is 15.2. The average Bonchev–Trinajstić information content (AvgIpc) is 3.32. The Hall–Kier alpha value is -1.40. The van der Waals surface area contributed by atoms with Crippen molar-refractivity contribution in [2.75, 3.05) is 13.1 Å². The van der Waals surface area contributed by atoms with Crippen LogP contribution in [0.25, 0.3) is 11.0 Å². The summed E-state index contributed by atoms with van der Waals surface area (Å²) in [6, 6.07) is 8.15. The number of aromatic nitrogens is 2. The molecule has 0 N–H and O–H groups in total. The topological polar surface area (TPSA) is 55.2 Å². The summed E-state index contributed by atoms with van der Waals surface area (Å²) in [4.78, 5) is 4.43. The van der Waals surface area contributed by atoms with Crippen molar-refractivity contribution in [1.29, 1.82) is 0 Å². The van der Waals surface area contributed by atoms with Crippen molar-refractivity contribution in [3.05, 3.63) is 30.6 Å². The maximum atomic E-state index is 12.3. The van der Waals surface area contributed by atoms with E-state index in [-0.39, 0.29) is 5.25 Å². The minimum atomic E-state index is -2.99. The average molecular weight is 319 g/mol.